The molecule has 1 heterocycles. The van der Waals surface area contributed by atoms with Crippen LogP contribution in [0.15, 0.2) is 60.7 Å². The van der Waals surface area contributed by atoms with Crippen LogP contribution >= 0.6 is 11.6 Å². The summed E-state index contributed by atoms with van der Waals surface area (Å²) in [6.45, 7) is 2.84. The van der Waals surface area contributed by atoms with E-state index in [4.69, 9.17) is 11.6 Å². The van der Waals surface area contributed by atoms with Gasteiger partial charge in [-0.25, -0.2) is 9.97 Å². The van der Waals surface area contributed by atoms with Gasteiger partial charge < -0.3 is 10.6 Å². The molecule has 2 aromatic carbocycles. The highest BCUT2D eigenvalue weighted by atomic mass is 35.5. The van der Waals surface area contributed by atoms with Crippen molar-refractivity contribution in [2.45, 2.75) is 20.0 Å². The summed E-state index contributed by atoms with van der Waals surface area (Å²) in [5.74, 6) is 0.193. The molecule has 26 heavy (non-hydrogen) atoms. The minimum absolute atomic E-state index is 0.228. The maximum Gasteiger partial charge on any atom is 0.270 e. The van der Waals surface area contributed by atoms with Gasteiger partial charge in [-0.2, -0.15) is 0 Å². The molecule has 0 fully saturated rings. The molecule has 132 valence electrons. The second-order valence-corrected chi connectivity index (χ2v) is 6.30. The molecular formula is C20H19ClN4O. The van der Waals surface area contributed by atoms with Crippen LogP contribution in [0.25, 0.3) is 0 Å². The fraction of sp³-hybridized carbons (Fsp3) is 0.150. The van der Waals surface area contributed by atoms with Gasteiger partial charge in [-0.3, -0.25) is 4.79 Å². The molecule has 0 unspecified atom stereocenters. The lowest BCUT2D eigenvalue weighted by atomic mass is 10.2. The van der Waals surface area contributed by atoms with Crippen molar-refractivity contribution in [3.8, 4) is 0 Å². The second-order valence-electron chi connectivity index (χ2n) is 5.87. The SMILES string of the molecule is Cc1cc(C(=O)NCc2ccccc2)nc(NCc2ccc(Cl)cc2)n1. The van der Waals surface area contributed by atoms with E-state index in [-0.39, 0.29) is 5.91 Å². The van der Waals surface area contributed by atoms with Gasteiger partial charge in [0.15, 0.2) is 0 Å². The Hall–Kier alpha value is -2.92. The van der Waals surface area contributed by atoms with Crippen molar-refractivity contribution in [2.24, 2.45) is 0 Å². The van der Waals surface area contributed by atoms with Gasteiger partial charge in [-0.05, 0) is 36.2 Å². The van der Waals surface area contributed by atoms with Gasteiger partial charge in [0.05, 0.1) is 0 Å². The van der Waals surface area contributed by atoms with Crippen LogP contribution in [0.3, 0.4) is 0 Å². The predicted molar refractivity (Wildman–Crippen MR) is 103 cm³/mol. The molecule has 0 saturated heterocycles. The zero-order chi connectivity index (χ0) is 18.4. The first-order valence-corrected chi connectivity index (χ1v) is 8.64. The number of benzene rings is 2. The second kappa shape index (κ2) is 8.45. The van der Waals surface area contributed by atoms with Gasteiger partial charge in [0.25, 0.3) is 5.91 Å². The Kier molecular flexibility index (Phi) is 5.81. The lowest BCUT2D eigenvalue weighted by molar-refractivity contribution is 0.0945. The minimum atomic E-state index is -0.228. The Morgan fingerprint density at radius 1 is 0.962 bits per heavy atom. The average Bonchev–Trinajstić information content (AvgIpc) is 2.66. The third-order valence-corrected chi connectivity index (χ3v) is 4.00. The lowest BCUT2D eigenvalue weighted by Gasteiger charge is -2.09. The zero-order valence-electron chi connectivity index (χ0n) is 14.4. The molecular weight excluding hydrogens is 348 g/mol. The number of anilines is 1. The van der Waals surface area contributed by atoms with E-state index in [0.29, 0.717) is 29.8 Å². The van der Waals surface area contributed by atoms with E-state index >= 15 is 0 Å². The summed E-state index contributed by atoms with van der Waals surface area (Å²) in [7, 11) is 0. The van der Waals surface area contributed by atoms with Crippen molar-refractivity contribution >= 4 is 23.5 Å². The first-order valence-electron chi connectivity index (χ1n) is 8.26. The monoisotopic (exact) mass is 366 g/mol. The molecule has 5 nitrogen and oxygen atoms in total. The molecule has 0 saturated carbocycles. The first-order chi connectivity index (χ1) is 12.6. The van der Waals surface area contributed by atoms with Crippen LogP contribution in [0, 0.1) is 6.92 Å². The molecule has 3 rings (SSSR count). The summed E-state index contributed by atoms with van der Waals surface area (Å²) in [6, 6.07) is 18.9. The molecule has 2 N–H and O–H groups in total. The normalized spacial score (nSPS) is 10.4. The summed E-state index contributed by atoms with van der Waals surface area (Å²) in [5, 5.41) is 6.72. The molecule has 0 aliphatic heterocycles. The topological polar surface area (TPSA) is 66.9 Å². The highest BCUT2D eigenvalue weighted by molar-refractivity contribution is 6.30. The van der Waals surface area contributed by atoms with E-state index in [9.17, 15) is 4.79 Å². The number of carbonyl (C=O) groups excluding carboxylic acids is 1. The van der Waals surface area contributed by atoms with Crippen LogP contribution in [0.2, 0.25) is 5.02 Å². The van der Waals surface area contributed by atoms with E-state index < -0.39 is 0 Å². The number of nitrogens with one attached hydrogen (secondary N) is 2. The average molecular weight is 367 g/mol. The fourth-order valence-electron chi connectivity index (χ4n) is 2.42. The summed E-state index contributed by atoms with van der Waals surface area (Å²) in [5.41, 5.74) is 3.15. The van der Waals surface area contributed by atoms with Gasteiger partial charge in [-0.1, -0.05) is 54.1 Å². The molecule has 1 aromatic heterocycles. The highest BCUT2D eigenvalue weighted by Crippen LogP contribution is 2.11. The third-order valence-electron chi connectivity index (χ3n) is 3.75. The number of hydrogen-bond donors (Lipinski definition) is 2. The molecule has 0 bridgehead atoms. The molecule has 6 heteroatoms. The van der Waals surface area contributed by atoms with Crippen molar-refractivity contribution in [3.05, 3.63) is 88.2 Å². The van der Waals surface area contributed by atoms with Crippen molar-refractivity contribution in [1.82, 2.24) is 15.3 Å². The Bertz CT molecular complexity index is 882. The van der Waals surface area contributed by atoms with Crippen LogP contribution in [0.1, 0.15) is 27.3 Å². The largest absolute Gasteiger partial charge is 0.350 e. The number of carbonyl (C=O) groups is 1. The Balaban J connectivity index is 1.64. The van der Waals surface area contributed by atoms with Crippen LogP contribution in [0.5, 0.6) is 0 Å². The summed E-state index contributed by atoms with van der Waals surface area (Å²) in [4.78, 5) is 21.0. The number of aryl methyl sites for hydroxylation is 1. The quantitative estimate of drug-likeness (QED) is 0.692. The number of rotatable bonds is 6. The fourth-order valence-corrected chi connectivity index (χ4v) is 2.54. The van der Waals surface area contributed by atoms with Crippen molar-refractivity contribution in [3.63, 3.8) is 0 Å². The Morgan fingerprint density at radius 2 is 1.65 bits per heavy atom. The van der Waals surface area contributed by atoms with Crippen molar-refractivity contribution in [1.29, 1.82) is 0 Å². The van der Waals surface area contributed by atoms with E-state index in [1.807, 2.05) is 61.5 Å². The zero-order valence-corrected chi connectivity index (χ0v) is 15.1. The number of aromatic nitrogens is 2. The van der Waals surface area contributed by atoms with Crippen molar-refractivity contribution < 1.29 is 4.79 Å². The maximum atomic E-state index is 12.4. The maximum absolute atomic E-state index is 12.4. The number of hydrogen-bond acceptors (Lipinski definition) is 4. The minimum Gasteiger partial charge on any atom is -0.350 e. The van der Waals surface area contributed by atoms with Crippen LogP contribution in [-0.2, 0) is 13.1 Å². The molecule has 0 atom stereocenters. The van der Waals surface area contributed by atoms with E-state index in [0.717, 1.165) is 16.8 Å². The van der Waals surface area contributed by atoms with Gasteiger partial charge >= 0.3 is 0 Å². The highest BCUT2D eigenvalue weighted by Gasteiger charge is 2.10. The molecule has 0 radical (unpaired) electrons. The third kappa shape index (κ3) is 5.04. The first kappa shape index (κ1) is 17.9. The van der Waals surface area contributed by atoms with Crippen molar-refractivity contribution in [2.75, 3.05) is 5.32 Å². The van der Waals surface area contributed by atoms with E-state index in [2.05, 4.69) is 20.6 Å². The molecule has 3 aromatic rings. The van der Waals surface area contributed by atoms with Crippen LogP contribution < -0.4 is 10.6 Å². The molecule has 0 spiro atoms. The smallest absolute Gasteiger partial charge is 0.270 e. The standard InChI is InChI=1S/C20H19ClN4O/c1-14-11-18(19(26)22-12-15-5-3-2-4-6-15)25-20(24-14)23-13-16-7-9-17(21)10-8-16/h2-11H,12-13H2,1H3,(H,22,26)(H,23,24,25). The Labute approximate surface area is 157 Å². The summed E-state index contributed by atoms with van der Waals surface area (Å²) >= 11 is 5.89. The van der Waals surface area contributed by atoms with Gasteiger partial charge in [0, 0.05) is 23.8 Å². The molecule has 1 amide bonds. The number of halogens is 1. The van der Waals surface area contributed by atoms with Crippen LogP contribution in [-0.4, -0.2) is 15.9 Å². The number of amides is 1. The van der Waals surface area contributed by atoms with Gasteiger partial charge in [0.2, 0.25) is 5.95 Å². The molecule has 0 aliphatic carbocycles. The summed E-state index contributed by atoms with van der Waals surface area (Å²) < 4.78 is 0. The summed E-state index contributed by atoms with van der Waals surface area (Å²) in [6.07, 6.45) is 0. The van der Waals surface area contributed by atoms with E-state index in [1.165, 1.54) is 0 Å². The van der Waals surface area contributed by atoms with E-state index in [1.54, 1.807) is 6.07 Å². The van der Waals surface area contributed by atoms with Crippen LogP contribution in [0.4, 0.5) is 5.95 Å². The van der Waals surface area contributed by atoms with Gasteiger partial charge in [-0.15, -0.1) is 0 Å². The Morgan fingerprint density at radius 3 is 2.38 bits per heavy atom. The van der Waals surface area contributed by atoms with Gasteiger partial charge in [0.1, 0.15) is 5.69 Å². The lowest BCUT2D eigenvalue weighted by Crippen LogP contribution is -2.24. The molecule has 0 aliphatic rings. The predicted octanol–water partition coefficient (Wildman–Crippen LogP) is 3.98. The number of nitrogens with zero attached hydrogens (tertiary/aromatic N) is 2.